The van der Waals surface area contributed by atoms with Crippen LogP contribution in [0.1, 0.15) is 83.3 Å². The number of unbranched alkanes of at least 4 members (excludes halogenated alkanes) is 1. The first-order valence-electron chi connectivity index (χ1n) is 16.1. The van der Waals surface area contributed by atoms with Crippen LogP contribution in [0.4, 0.5) is 0 Å². The first-order chi connectivity index (χ1) is 22.3. The topological polar surface area (TPSA) is 172 Å². The summed E-state index contributed by atoms with van der Waals surface area (Å²) in [6.07, 6.45) is 7.32. The van der Waals surface area contributed by atoms with E-state index in [1.54, 1.807) is 11.1 Å². The summed E-state index contributed by atoms with van der Waals surface area (Å²) in [5, 5.41) is 19.6. The average Bonchev–Trinajstić information content (AvgIpc) is 3.11. The Morgan fingerprint density at radius 1 is 0.913 bits per heavy atom. The largest absolute Gasteiger partial charge is 0.479 e. The molecule has 1 amide bonds. The van der Waals surface area contributed by atoms with Gasteiger partial charge in [-0.15, -0.1) is 0 Å². The Balaban J connectivity index is 0.00000139. The van der Waals surface area contributed by atoms with E-state index in [0.717, 1.165) is 70.8 Å². The van der Waals surface area contributed by atoms with Crippen LogP contribution in [-0.2, 0) is 16.1 Å². The molecule has 1 aliphatic carbocycles. The zero-order valence-electron chi connectivity index (χ0n) is 27.3. The number of fused-ring (bicyclic) bond motifs is 1. The minimum Gasteiger partial charge on any atom is -0.479 e. The van der Waals surface area contributed by atoms with E-state index < -0.39 is 11.5 Å². The Hall–Kier alpha value is -4.60. The molecule has 0 unspecified atom stereocenters. The van der Waals surface area contributed by atoms with Gasteiger partial charge >= 0.3 is 5.97 Å². The minimum absolute atomic E-state index is 0.0169. The normalized spacial score (nSPS) is 13.4. The Labute approximate surface area is 272 Å². The molecule has 0 aliphatic heterocycles. The van der Waals surface area contributed by atoms with Gasteiger partial charge < -0.3 is 15.7 Å². The lowest BCUT2D eigenvalue weighted by atomic mass is 9.79. The first kappa shape index (κ1) is 35.9. The molecule has 0 atom stereocenters. The van der Waals surface area contributed by atoms with Crippen molar-refractivity contribution >= 4 is 28.6 Å². The van der Waals surface area contributed by atoms with Crippen LogP contribution in [0.15, 0.2) is 79.0 Å². The van der Waals surface area contributed by atoms with Crippen molar-refractivity contribution in [1.82, 2.24) is 9.88 Å². The van der Waals surface area contributed by atoms with E-state index >= 15 is 0 Å². The highest BCUT2D eigenvalue weighted by Crippen LogP contribution is 2.37. The van der Waals surface area contributed by atoms with E-state index in [4.69, 9.17) is 11.1 Å². The molecular weight excluding hydrogens is 576 g/mol. The van der Waals surface area contributed by atoms with Crippen molar-refractivity contribution in [3.8, 4) is 22.3 Å². The van der Waals surface area contributed by atoms with E-state index in [2.05, 4.69) is 22.7 Å². The lowest BCUT2D eigenvalue weighted by molar-refractivity contribution is -0.163. The lowest BCUT2D eigenvalue weighted by Gasteiger charge is -2.43. The molecule has 4 aromatic rings. The Kier molecular flexibility index (Phi) is 13.4. The predicted octanol–water partition coefficient (Wildman–Crippen LogP) is 7.00. The number of carboxylic acid groups (broad SMARTS) is 1. The van der Waals surface area contributed by atoms with Gasteiger partial charge in [-0.25, -0.2) is 4.79 Å². The summed E-state index contributed by atoms with van der Waals surface area (Å²) in [4.78, 5) is 32.1. The van der Waals surface area contributed by atoms with Gasteiger partial charge in [0.05, 0.1) is 5.52 Å². The number of rotatable bonds is 10. The number of nitrogens with zero attached hydrogens (tertiary/aromatic N) is 2. The number of nitrogens with two attached hydrogens (primary N) is 3. The van der Waals surface area contributed by atoms with Gasteiger partial charge in [-0.3, -0.25) is 26.9 Å². The second kappa shape index (κ2) is 17.2. The number of nitrogens with one attached hydrogen (secondary N) is 1. The Bertz CT molecular complexity index is 1610. The van der Waals surface area contributed by atoms with Crippen LogP contribution in [0.25, 0.3) is 33.2 Å². The second-order valence-corrected chi connectivity index (χ2v) is 11.3. The average molecular weight is 625 g/mol. The summed E-state index contributed by atoms with van der Waals surface area (Å²) in [6, 6.07) is 23.8. The van der Waals surface area contributed by atoms with Crippen molar-refractivity contribution in [3.63, 3.8) is 0 Å². The summed E-state index contributed by atoms with van der Waals surface area (Å²) in [5.74, 6) is 6.98. The quantitative estimate of drug-likeness (QED) is 0.0546. The number of hydrazine groups is 1. The van der Waals surface area contributed by atoms with Crippen LogP contribution in [0.3, 0.4) is 0 Å². The fourth-order valence-corrected chi connectivity index (χ4v) is 6.10. The number of benzene rings is 3. The number of nitrogen functional groups attached to an aromatic ring is 1. The van der Waals surface area contributed by atoms with Gasteiger partial charge in [0.2, 0.25) is 5.91 Å². The Morgan fingerprint density at radius 2 is 1.54 bits per heavy atom. The number of amidine groups is 1. The van der Waals surface area contributed by atoms with Crippen molar-refractivity contribution in [2.45, 2.75) is 84.2 Å². The van der Waals surface area contributed by atoms with Crippen molar-refractivity contribution in [2.24, 2.45) is 17.4 Å². The van der Waals surface area contributed by atoms with Gasteiger partial charge in [-0.1, -0.05) is 95.0 Å². The third-order valence-corrected chi connectivity index (χ3v) is 8.49. The number of aromatic nitrogens is 1. The maximum absolute atomic E-state index is 13.4. The number of pyridine rings is 1. The fraction of sp³-hybridized carbons (Fsp3) is 0.351. The molecule has 0 spiro atoms. The molecule has 1 heterocycles. The lowest BCUT2D eigenvalue weighted by Crippen LogP contribution is -2.57. The SMILES string of the molecule is CC.CCCCC(=O)N(Cc1ccc(-c2cc(-c3ccc4ncccc4c3)ccc2C(=N)N)cc1)C1(C(=O)O)CCCCC1.NN. The number of carbonyl (C=O) groups is 2. The highest BCUT2D eigenvalue weighted by molar-refractivity contribution is 6.02. The summed E-state index contributed by atoms with van der Waals surface area (Å²) >= 11 is 0. The molecule has 0 radical (unpaired) electrons. The second-order valence-electron chi connectivity index (χ2n) is 11.3. The third kappa shape index (κ3) is 8.16. The number of hydrogen-bond acceptors (Lipinski definition) is 6. The van der Waals surface area contributed by atoms with Gasteiger partial charge in [0.25, 0.3) is 0 Å². The summed E-state index contributed by atoms with van der Waals surface area (Å²) in [7, 11) is 0. The summed E-state index contributed by atoms with van der Waals surface area (Å²) < 4.78 is 0. The molecule has 0 bridgehead atoms. The third-order valence-electron chi connectivity index (χ3n) is 8.49. The van der Waals surface area contributed by atoms with E-state index in [1.165, 1.54) is 0 Å². The number of hydrogen-bond donors (Lipinski definition) is 5. The van der Waals surface area contributed by atoms with Crippen LogP contribution in [-0.4, -0.2) is 38.2 Å². The van der Waals surface area contributed by atoms with Crippen LogP contribution < -0.4 is 17.4 Å². The van der Waals surface area contributed by atoms with E-state index in [9.17, 15) is 14.7 Å². The highest BCUT2D eigenvalue weighted by Gasteiger charge is 2.46. The molecule has 244 valence electrons. The molecule has 3 aromatic carbocycles. The minimum atomic E-state index is -1.16. The molecule has 1 saturated carbocycles. The standard InChI is InChI=1S/C35H38N4O3.C2H6.H4N2/c1-2-3-9-32(40)39(35(34(41)42)18-5-4-6-19-35)23-24-10-12-25(13-11-24)30-22-27(14-16-29(30)33(36)37)26-15-17-31-28(21-26)8-7-20-38-31;2*1-2/h7-8,10-17,20-22H,2-6,9,18-19,23H2,1H3,(H3,36,37)(H,41,42);1-2H3;1-2H2. The monoisotopic (exact) mass is 624 g/mol. The molecule has 0 saturated heterocycles. The summed E-state index contributed by atoms with van der Waals surface area (Å²) in [6.45, 7) is 6.28. The molecule has 9 heteroatoms. The molecular formula is C37H48N6O3. The maximum Gasteiger partial charge on any atom is 0.329 e. The number of carboxylic acids is 1. The fourth-order valence-electron chi connectivity index (χ4n) is 6.10. The van der Waals surface area contributed by atoms with Crippen LogP contribution in [0.5, 0.6) is 0 Å². The smallest absolute Gasteiger partial charge is 0.329 e. The van der Waals surface area contributed by atoms with Gasteiger partial charge in [0, 0.05) is 30.1 Å². The predicted molar refractivity (Wildman–Crippen MR) is 187 cm³/mol. The zero-order chi connectivity index (χ0) is 33.7. The molecule has 1 aliphatic rings. The number of aliphatic carboxylic acids is 1. The van der Waals surface area contributed by atoms with Gasteiger partial charge in [-0.05, 0) is 71.3 Å². The van der Waals surface area contributed by atoms with E-state index in [-0.39, 0.29) is 18.3 Å². The summed E-state index contributed by atoms with van der Waals surface area (Å²) in [5.41, 5.74) is 11.0. The van der Waals surface area contributed by atoms with E-state index in [0.29, 0.717) is 24.8 Å². The molecule has 8 N–H and O–H groups in total. The molecule has 1 aromatic heterocycles. The highest BCUT2D eigenvalue weighted by atomic mass is 16.4. The molecule has 1 fully saturated rings. The molecule has 9 nitrogen and oxygen atoms in total. The van der Waals surface area contributed by atoms with Crippen LogP contribution in [0.2, 0.25) is 0 Å². The maximum atomic E-state index is 13.4. The van der Waals surface area contributed by atoms with Crippen LogP contribution in [0, 0.1) is 5.41 Å². The zero-order valence-corrected chi connectivity index (χ0v) is 27.3. The van der Waals surface area contributed by atoms with Crippen molar-refractivity contribution in [3.05, 3.63) is 90.1 Å². The van der Waals surface area contributed by atoms with Crippen molar-refractivity contribution in [2.75, 3.05) is 0 Å². The number of amides is 1. The first-order valence-corrected chi connectivity index (χ1v) is 16.1. The van der Waals surface area contributed by atoms with Crippen LogP contribution >= 0.6 is 0 Å². The van der Waals surface area contributed by atoms with Crippen molar-refractivity contribution < 1.29 is 14.7 Å². The van der Waals surface area contributed by atoms with Gasteiger partial charge in [0.15, 0.2) is 0 Å². The Morgan fingerprint density at radius 3 is 2.17 bits per heavy atom. The molecule has 46 heavy (non-hydrogen) atoms. The van der Waals surface area contributed by atoms with Gasteiger partial charge in [-0.2, -0.15) is 0 Å². The van der Waals surface area contributed by atoms with E-state index in [1.807, 2.05) is 87.5 Å². The number of carbonyl (C=O) groups excluding carboxylic acids is 1. The van der Waals surface area contributed by atoms with Gasteiger partial charge in [0.1, 0.15) is 11.4 Å². The van der Waals surface area contributed by atoms with Crippen molar-refractivity contribution in [1.29, 1.82) is 5.41 Å². The molecule has 5 rings (SSSR count).